The third-order valence-electron chi connectivity index (χ3n) is 5.72. The number of hydrogen-bond donors (Lipinski definition) is 1. The summed E-state index contributed by atoms with van der Waals surface area (Å²) in [5.41, 5.74) is 1.90. The molecule has 2 atom stereocenters. The van der Waals surface area contributed by atoms with Crippen LogP contribution >= 0.6 is 11.3 Å². The Balaban J connectivity index is 1.42. The highest BCUT2D eigenvalue weighted by Crippen LogP contribution is 2.40. The van der Waals surface area contributed by atoms with Crippen LogP contribution in [0, 0.1) is 0 Å². The standard InChI is InChI=1S/C19H24N4O4S/c1-25-15-5-4-14(22-6-8-26-9-7-22)17-16(15)20-18(28-17)21-19(24)23-10-13-3-2-12(23)11-27-13/h4-5,12-13H,2-3,6-11H2,1H3,(H,20,21,24). The first-order chi connectivity index (χ1) is 13.7. The number of urea groups is 1. The number of piperidine rings is 1. The number of methoxy groups -OCH3 is 1. The zero-order valence-electron chi connectivity index (χ0n) is 15.8. The van der Waals surface area contributed by atoms with Crippen LogP contribution in [0.3, 0.4) is 0 Å². The number of aromatic nitrogens is 1. The minimum atomic E-state index is -0.0936. The summed E-state index contributed by atoms with van der Waals surface area (Å²) in [6, 6.07) is 4.08. The van der Waals surface area contributed by atoms with Crippen LogP contribution in [0.5, 0.6) is 5.75 Å². The second kappa shape index (κ2) is 7.38. The minimum Gasteiger partial charge on any atom is -0.494 e. The van der Waals surface area contributed by atoms with Gasteiger partial charge in [-0.2, -0.15) is 0 Å². The minimum absolute atomic E-state index is 0.0936. The Morgan fingerprint density at radius 3 is 2.86 bits per heavy atom. The molecule has 9 heteroatoms. The Hall–Kier alpha value is -2.10. The largest absolute Gasteiger partial charge is 0.494 e. The summed E-state index contributed by atoms with van der Waals surface area (Å²) in [6.45, 7) is 4.41. The molecule has 1 N–H and O–H groups in total. The number of benzene rings is 1. The van der Waals surface area contributed by atoms with Gasteiger partial charge < -0.3 is 24.0 Å². The molecule has 1 aromatic heterocycles. The molecule has 8 nitrogen and oxygen atoms in total. The number of rotatable bonds is 3. The molecule has 4 saturated heterocycles. The van der Waals surface area contributed by atoms with E-state index in [1.54, 1.807) is 7.11 Å². The third kappa shape index (κ3) is 3.17. The fourth-order valence-electron chi connectivity index (χ4n) is 4.20. The average molecular weight is 404 g/mol. The number of carbonyl (C=O) groups is 1. The molecule has 150 valence electrons. The lowest BCUT2D eigenvalue weighted by atomic mass is 9.98. The topological polar surface area (TPSA) is 76.2 Å². The predicted octanol–water partition coefficient (Wildman–Crippen LogP) is 2.54. The van der Waals surface area contributed by atoms with Gasteiger partial charge in [-0.05, 0) is 25.0 Å². The highest BCUT2D eigenvalue weighted by molar-refractivity contribution is 7.23. The van der Waals surface area contributed by atoms with E-state index in [9.17, 15) is 4.79 Å². The van der Waals surface area contributed by atoms with Crippen molar-refractivity contribution in [3.05, 3.63) is 12.1 Å². The molecule has 4 fully saturated rings. The van der Waals surface area contributed by atoms with Crippen LogP contribution in [-0.2, 0) is 9.47 Å². The van der Waals surface area contributed by atoms with Crippen molar-refractivity contribution < 1.29 is 19.0 Å². The summed E-state index contributed by atoms with van der Waals surface area (Å²) in [7, 11) is 1.64. The number of fused-ring (bicyclic) bond motifs is 4. The Labute approximate surface area is 167 Å². The van der Waals surface area contributed by atoms with Gasteiger partial charge in [-0.15, -0.1) is 0 Å². The fourth-order valence-corrected chi connectivity index (χ4v) is 5.22. The van der Waals surface area contributed by atoms with E-state index in [0.29, 0.717) is 24.0 Å². The van der Waals surface area contributed by atoms with Crippen LogP contribution < -0.4 is 15.0 Å². The predicted molar refractivity (Wildman–Crippen MR) is 108 cm³/mol. The quantitative estimate of drug-likeness (QED) is 0.847. The smallest absolute Gasteiger partial charge is 0.324 e. The van der Waals surface area contributed by atoms with Crippen molar-refractivity contribution >= 4 is 38.4 Å². The number of thiazole rings is 1. The van der Waals surface area contributed by atoms with Gasteiger partial charge >= 0.3 is 6.03 Å². The van der Waals surface area contributed by atoms with Crippen molar-refractivity contribution in [1.29, 1.82) is 0 Å². The molecule has 1 aromatic carbocycles. The fraction of sp³-hybridized carbons (Fsp3) is 0.579. The summed E-state index contributed by atoms with van der Waals surface area (Å²) in [6.07, 6.45) is 2.21. The lowest BCUT2D eigenvalue weighted by molar-refractivity contribution is -0.0863. The number of nitrogens with one attached hydrogen (secondary N) is 1. The van der Waals surface area contributed by atoms with Gasteiger partial charge in [0.1, 0.15) is 11.3 Å². The summed E-state index contributed by atoms with van der Waals surface area (Å²) in [5, 5.41) is 3.61. The molecule has 0 radical (unpaired) electrons. The van der Waals surface area contributed by atoms with E-state index >= 15 is 0 Å². The van der Waals surface area contributed by atoms with Crippen LogP contribution in [0.2, 0.25) is 0 Å². The van der Waals surface area contributed by atoms with E-state index in [-0.39, 0.29) is 18.2 Å². The van der Waals surface area contributed by atoms with Crippen LogP contribution in [-0.4, -0.2) is 74.6 Å². The van der Waals surface area contributed by atoms with Crippen molar-refractivity contribution in [3.8, 4) is 5.75 Å². The van der Waals surface area contributed by atoms with Gasteiger partial charge in [0, 0.05) is 19.6 Å². The number of nitrogens with zero attached hydrogens (tertiary/aromatic N) is 3. The van der Waals surface area contributed by atoms with Gasteiger partial charge in [0.25, 0.3) is 0 Å². The van der Waals surface area contributed by atoms with Crippen molar-refractivity contribution in [2.24, 2.45) is 0 Å². The van der Waals surface area contributed by atoms with Crippen molar-refractivity contribution in [3.63, 3.8) is 0 Å². The van der Waals surface area contributed by atoms with E-state index in [2.05, 4.69) is 21.3 Å². The van der Waals surface area contributed by atoms with E-state index in [4.69, 9.17) is 14.2 Å². The molecule has 5 heterocycles. The van der Waals surface area contributed by atoms with E-state index in [0.717, 1.165) is 55.0 Å². The SMILES string of the molecule is COc1ccc(N2CCOCC2)c2sc(NC(=O)N3CC4CCC3CO4)nc12. The van der Waals surface area contributed by atoms with Crippen molar-refractivity contribution in [2.45, 2.75) is 25.0 Å². The van der Waals surface area contributed by atoms with Crippen LogP contribution in [0.25, 0.3) is 10.2 Å². The zero-order chi connectivity index (χ0) is 19.1. The highest BCUT2D eigenvalue weighted by atomic mass is 32.1. The van der Waals surface area contributed by atoms with E-state index in [1.807, 2.05) is 11.0 Å². The highest BCUT2D eigenvalue weighted by Gasteiger charge is 2.37. The molecule has 6 rings (SSSR count). The molecule has 4 aliphatic rings. The molecule has 28 heavy (non-hydrogen) atoms. The van der Waals surface area contributed by atoms with Gasteiger partial charge in [0.2, 0.25) is 0 Å². The van der Waals surface area contributed by atoms with Crippen LogP contribution in [0.1, 0.15) is 12.8 Å². The van der Waals surface area contributed by atoms with Gasteiger partial charge in [-0.25, -0.2) is 9.78 Å². The summed E-state index contributed by atoms with van der Waals surface area (Å²) < 4.78 is 17.7. The maximum absolute atomic E-state index is 12.8. The van der Waals surface area contributed by atoms with E-state index in [1.165, 1.54) is 11.3 Å². The number of hydrogen-bond acceptors (Lipinski definition) is 7. The summed E-state index contributed by atoms with van der Waals surface area (Å²) in [4.78, 5) is 21.7. The van der Waals surface area contributed by atoms with Gasteiger partial charge in [-0.3, -0.25) is 5.32 Å². The molecule has 0 spiro atoms. The second-order valence-corrected chi connectivity index (χ2v) is 8.35. The lowest BCUT2D eigenvalue weighted by Gasteiger charge is -2.44. The molecule has 0 saturated carbocycles. The maximum Gasteiger partial charge on any atom is 0.324 e. The normalized spacial score (nSPS) is 24.6. The monoisotopic (exact) mass is 404 g/mol. The van der Waals surface area contributed by atoms with Crippen LogP contribution in [0.15, 0.2) is 12.1 Å². The Morgan fingerprint density at radius 2 is 2.18 bits per heavy atom. The number of amides is 2. The number of anilines is 2. The zero-order valence-corrected chi connectivity index (χ0v) is 16.7. The third-order valence-corrected chi connectivity index (χ3v) is 6.71. The lowest BCUT2D eigenvalue weighted by Crippen LogP contribution is -2.57. The molecule has 2 aromatic rings. The van der Waals surface area contributed by atoms with E-state index < -0.39 is 0 Å². The molecule has 0 aliphatic carbocycles. The molecule has 4 aliphatic heterocycles. The van der Waals surface area contributed by atoms with Crippen molar-refractivity contribution in [2.75, 3.05) is 56.8 Å². The summed E-state index contributed by atoms with van der Waals surface area (Å²) in [5.74, 6) is 0.717. The Morgan fingerprint density at radius 1 is 1.32 bits per heavy atom. The molecule has 2 amide bonds. The Kier molecular flexibility index (Phi) is 4.73. The summed E-state index contributed by atoms with van der Waals surface area (Å²) >= 11 is 1.50. The van der Waals surface area contributed by atoms with Gasteiger partial charge in [-0.1, -0.05) is 11.3 Å². The first-order valence-corrected chi connectivity index (χ1v) is 10.5. The first kappa shape index (κ1) is 18.0. The second-order valence-electron chi connectivity index (χ2n) is 7.35. The number of morpholine rings is 2. The van der Waals surface area contributed by atoms with Crippen LogP contribution in [0.4, 0.5) is 15.6 Å². The van der Waals surface area contributed by atoms with Crippen molar-refractivity contribution in [1.82, 2.24) is 9.88 Å². The first-order valence-electron chi connectivity index (χ1n) is 9.72. The molecule has 2 unspecified atom stereocenters. The maximum atomic E-state index is 12.8. The number of carbonyl (C=O) groups excluding carboxylic acids is 1. The average Bonchev–Trinajstić information content (AvgIpc) is 3.18. The number of ether oxygens (including phenoxy) is 3. The Bertz CT molecular complexity index is 874. The van der Waals surface area contributed by atoms with Gasteiger partial charge in [0.15, 0.2) is 5.13 Å². The molecule has 2 bridgehead atoms. The molecular weight excluding hydrogens is 380 g/mol. The molecular formula is C19H24N4O4S. The van der Waals surface area contributed by atoms with Gasteiger partial charge in [0.05, 0.1) is 49.5 Å².